The number of carboxylic acids is 1. The molecule has 0 amide bonds. The van der Waals surface area contributed by atoms with E-state index in [2.05, 4.69) is 0 Å². The van der Waals surface area contributed by atoms with E-state index in [0.717, 1.165) is 0 Å². The van der Waals surface area contributed by atoms with Crippen LogP contribution in [-0.2, 0) is 9.53 Å². The molecule has 0 saturated heterocycles. The van der Waals surface area contributed by atoms with E-state index in [1.165, 1.54) is 0 Å². The van der Waals surface area contributed by atoms with Crippen molar-refractivity contribution >= 4 is 11.9 Å². The van der Waals surface area contributed by atoms with Gasteiger partial charge in [-0.05, 0) is 39.8 Å². The number of carboxylic acid groups (broad SMARTS) is 1. The number of hydrogen-bond acceptors (Lipinski definition) is 3. The Morgan fingerprint density at radius 2 is 1.61 bits per heavy atom. The Balaban J connectivity index is 0.000000360. The molecule has 0 aromatic heterocycles. The first-order valence-corrected chi connectivity index (χ1v) is 5.74. The fraction of sp³-hybridized carbons (Fsp3) is 0.429. The normalized spacial score (nSPS) is 10.0. The van der Waals surface area contributed by atoms with Crippen LogP contribution in [0.15, 0.2) is 30.3 Å². The van der Waals surface area contributed by atoms with Gasteiger partial charge < -0.3 is 9.84 Å². The number of esters is 1. The Morgan fingerprint density at radius 1 is 1.17 bits per heavy atom. The largest absolute Gasteiger partial charge is 0.481 e. The minimum atomic E-state index is -0.757. The van der Waals surface area contributed by atoms with Crippen LogP contribution in [0.3, 0.4) is 0 Å². The number of rotatable bonds is 2. The molecule has 1 N–H and O–H groups in total. The molecule has 0 fully saturated rings. The molecular weight excluding hydrogens is 232 g/mol. The van der Waals surface area contributed by atoms with Gasteiger partial charge in [-0.15, -0.1) is 0 Å². The third-order valence-corrected chi connectivity index (χ3v) is 1.93. The molecule has 1 rings (SSSR count). The summed E-state index contributed by atoms with van der Waals surface area (Å²) in [7, 11) is 0. The number of benzene rings is 1. The highest BCUT2D eigenvalue weighted by atomic mass is 16.5. The topological polar surface area (TPSA) is 63.6 Å². The van der Waals surface area contributed by atoms with Gasteiger partial charge in [0.1, 0.15) is 0 Å². The van der Waals surface area contributed by atoms with Gasteiger partial charge in [0, 0.05) is 0 Å². The maximum absolute atomic E-state index is 11.0. The summed E-state index contributed by atoms with van der Waals surface area (Å²) >= 11 is 0. The molecule has 0 heterocycles. The minimum Gasteiger partial charge on any atom is -0.481 e. The molecule has 0 aliphatic heterocycles. The molecule has 0 spiro atoms. The lowest BCUT2D eigenvalue weighted by atomic mass is 9.98. The highest BCUT2D eigenvalue weighted by Crippen LogP contribution is 2.11. The molecule has 4 heteroatoms. The Hall–Kier alpha value is -1.84. The first-order valence-electron chi connectivity index (χ1n) is 5.74. The van der Waals surface area contributed by atoms with Crippen molar-refractivity contribution in [3.63, 3.8) is 0 Å². The van der Waals surface area contributed by atoms with Crippen molar-refractivity contribution in [1.29, 1.82) is 0 Å². The van der Waals surface area contributed by atoms with Crippen LogP contribution in [0.1, 0.15) is 38.1 Å². The number of carbonyl (C=O) groups is 2. The van der Waals surface area contributed by atoms with Crippen molar-refractivity contribution in [2.24, 2.45) is 5.41 Å². The molecule has 1 aromatic carbocycles. The summed E-state index contributed by atoms with van der Waals surface area (Å²) in [6.45, 7) is 7.20. The summed E-state index contributed by atoms with van der Waals surface area (Å²) < 4.78 is 4.79. The lowest BCUT2D eigenvalue weighted by molar-refractivity contribution is -0.145. The smallest absolute Gasteiger partial charge is 0.338 e. The van der Waals surface area contributed by atoms with Gasteiger partial charge in [-0.25, -0.2) is 4.79 Å². The van der Waals surface area contributed by atoms with E-state index >= 15 is 0 Å². The van der Waals surface area contributed by atoms with Crippen LogP contribution in [0.25, 0.3) is 0 Å². The SMILES string of the molecule is CC(C)(C)C(=O)O.CCOC(=O)c1ccccc1. The van der Waals surface area contributed by atoms with Gasteiger partial charge in [-0.3, -0.25) is 4.79 Å². The van der Waals surface area contributed by atoms with E-state index < -0.39 is 11.4 Å². The lowest BCUT2D eigenvalue weighted by Crippen LogP contribution is -2.18. The zero-order valence-electron chi connectivity index (χ0n) is 11.3. The molecule has 100 valence electrons. The molecule has 18 heavy (non-hydrogen) atoms. The van der Waals surface area contributed by atoms with Crippen molar-refractivity contribution in [2.45, 2.75) is 27.7 Å². The van der Waals surface area contributed by atoms with E-state index in [-0.39, 0.29) is 5.97 Å². The monoisotopic (exact) mass is 252 g/mol. The fourth-order valence-electron chi connectivity index (χ4n) is 0.789. The van der Waals surface area contributed by atoms with Gasteiger partial charge in [0.15, 0.2) is 0 Å². The third kappa shape index (κ3) is 6.68. The number of hydrogen-bond donors (Lipinski definition) is 1. The number of ether oxygens (including phenoxy) is 1. The Bertz CT molecular complexity index is 377. The van der Waals surface area contributed by atoms with E-state index in [0.29, 0.717) is 12.2 Å². The zero-order chi connectivity index (χ0) is 14.2. The predicted molar refractivity (Wildman–Crippen MR) is 69.5 cm³/mol. The average molecular weight is 252 g/mol. The van der Waals surface area contributed by atoms with Gasteiger partial charge in [-0.2, -0.15) is 0 Å². The Kier molecular flexibility index (Phi) is 6.71. The molecule has 0 bridgehead atoms. The van der Waals surface area contributed by atoms with E-state index in [4.69, 9.17) is 9.84 Å². The Morgan fingerprint density at radius 3 is 1.94 bits per heavy atom. The highest BCUT2D eigenvalue weighted by Gasteiger charge is 2.18. The highest BCUT2D eigenvalue weighted by molar-refractivity contribution is 5.89. The summed E-state index contributed by atoms with van der Waals surface area (Å²) in [6, 6.07) is 8.96. The van der Waals surface area contributed by atoms with Crippen LogP contribution in [0.4, 0.5) is 0 Å². The van der Waals surface area contributed by atoms with Gasteiger partial charge >= 0.3 is 11.9 Å². The second kappa shape index (κ2) is 7.48. The second-order valence-corrected chi connectivity index (χ2v) is 4.64. The van der Waals surface area contributed by atoms with E-state index in [9.17, 15) is 9.59 Å². The van der Waals surface area contributed by atoms with Crippen molar-refractivity contribution in [1.82, 2.24) is 0 Å². The third-order valence-electron chi connectivity index (χ3n) is 1.93. The van der Waals surface area contributed by atoms with Crippen molar-refractivity contribution in [2.75, 3.05) is 6.61 Å². The van der Waals surface area contributed by atoms with Crippen LogP contribution in [-0.4, -0.2) is 23.7 Å². The number of carbonyl (C=O) groups excluding carboxylic acids is 1. The molecule has 0 saturated carbocycles. The quantitative estimate of drug-likeness (QED) is 0.822. The maximum Gasteiger partial charge on any atom is 0.338 e. The van der Waals surface area contributed by atoms with Crippen LogP contribution in [0, 0.1) is 5.41 Å². The average Bonchev–Trinajstić information content (AvgIpc) is 2.30. The summed E-state index contributed by atoms with van der Waals surface area (Å²) in [5.74, 6) is -1.01. The first kappa shape index (κ1) is 16.2. The number of aliphatic carboxylic acids is 1. The van der Waals surface area contributed by atoms with Crippen LogP contribution in [0.2, 0.25) is 0 Å². The van der Waals surface area contributed by atoms with Crippen molar-refractivity contribution < 1.29 is 19.4 Å². The van der Waals surface area contributed by atoms with Gasteiger partial charge in [0.05, 0.1) is 17.6 Å². The molecule has 1 aromatic rings. The van der Waals surface area contributed by atoms with Crippen LogP contribution >= 0.6 is 0 Å². The summed E-state index contributed by atoms with van der Waals surface area (Å²) in [6.07, 6.45) is 0. The zero-order valence-corrected chi connectivity index (χ0v) is 11.3. The van der Waals surface area contributed by atoms with Gasteiger partial charge in [0.25, 0.3) is 0 Å². The fourth-order valence-corrected chi connectivity index (χ4v) is 0.789. The lowest BCUT2D eigenvalue weighted by Gasteiger charge is -2.08. The molecule has 0 aliphatic rings. The van der Waals surface area contributed by atoms with Gasteiger partial charge in [0.2, 0.25) is 0 Å². The maximum atomic E-state index is 11.0. The molecular formula is C14H20O4. The van der Waals surface area contributed by atoms with Crippen LogP contribution < -0.4 is 0 Å². The molecule has 0 aliphatic carbocycles. The first-order chi connectivity index (χ1) is 8.29. The van der Waals surface area contributed by atoms with Crippen molar-refractivity contribution in [3.8, 4) is 0 Å². The molecule has 0 radical (unpaired) electrons. The summed E-state index contributed by atoms with van der Waals surface area (Å²) in [5.41, 5.74) is 0.0225. The molecule has 0 unspecified atom stereocenters. The minimum absolute atomic E-state index is 0.256. The second-order valence-electron chi connectivity index (χ2n) is 4.64. The molecule has 0 atom stereocenters. The standard InChI is InChI=1S/C9H10O2.C5H10O2/c1-2-11-9(10)8-6-4-3-5-7-8;1-5(2,3)4(6)7/h3-7H,2H2,1H3;1-3H3,(H,6,7). The molecule has 4 nitrogen and oxygen atoms in total. The van der Waals surface area contributed by atoms with Gasteiger partial charge in [-0.1, -0.05) is 18.2 Å². The Labute approximate surface area is 108 Å². The van der Waals surface area contributed by atoms with Crippen LogP contribution in [0.5, 0.6) is 0 Å². The summed E-state index contributed by atoms with van der Waals surface area (Å²) in [5, 5.41) is 8.25. The predicted octanol–water partition coefficient (Wildman–Crippen LogP) is 2.98. The van der Waals surface area contributed by atoms with E-state index in [1.807, 2.05) is 18.2 Å². The van der Waals surface area contributed by atoms with E-state index in [1.54, 1.807) is 39.8 Å². The van der Waals surface area contributed by atoms with Crippen molar-refractivity contribution in [3.05, 3.63) is 35.9 Å². The summed E-state index contributed by atoms with van der Waals surface area (Å²) in [4.78, 5) is 21.0.